The number of anilines is 1. The second-order valence-electron chi connectivity index (χ2n) is 7.24. The van der Waals surface area contributed by atoms with Gasteiger partial charge >= 0.3 is 0 Å². The van der Waals surface area contributed by atoms with E-state index in [1.54, 1.807) is 0 Å². The van der Waals surface area contributed by atoms with Gasteiger partial charge in [-0.1, -0.05) is 37.6 Å². The third-order valence-corrected chi connectivity index (χ3v) is 4.94. The van der Waals surface area contributed by atoms with Crippen LogP contribution < -0.4 is 10.1 Å². The standard InChI is InChI=1S/C22H28N2O2/c1-5-6-15-26-18-13-11-17(12-14-18)22(4)23-20-10-8-7-9-19(20)21(25)24(22)16(2)3/h7-14,16,23H,5-6,15H2,1-4H3. The average molecular weight is 352 g/mol. The number of nitrogens with zero attached hydrogens (tertiary/aromatic N) is 1. The molecule has 1 unspecified atom stereocenters. The second-order valence-corrected chi connectivity index (χ2v) is 7.24. The zero-order chi connectivity index (χ0) is 18.7. The minimum atomic E-state index is -0.610. The fourth-order valence-electron chi connectivity index (χ4n) is 3.61. The van der Waals surface area contributed by atoms with Crippen molar-refractivity contribution in [2.45, 2.75) is 52.2 Å². The summed E-state index contributed by atoms with van der Waals surface area (Å²) in [7, 11) is 0. The number of para-hydroxylation sites is 1. The molecule has 1 atom stereocenters. The molecule has 0 aromatic heterocycles. The Bertz CT molecular complexity index is 770. The molecule has 4 heteroatoms. The van der Waals surface area contributed by atoms with E-state index >= 15 is 0 Å². The van der Waals surface area contributed by atoms with Crippen molar-refractivity contribution in [1.82, 2.24) is 4.90 Å². The van der Waals surface area contributed by atoms with Crippen LogP contribution in [0, 0.1) is 0 Å². The second kappa shape index (κ2) is 7.40. The van der Waals surface area contributed by atoms with Gasteiger partial charge in [0, 0.05) is 11.7 Å². The Labute approximate surface area is 156 Å². The van der Waals surface area contributed by atoms with Crippen LogP contribution in [0.5, 0.6) is 5.75 Å². The van der Waals surface area contributed by atoms with Crippen molar-refractivity contribution >= 4 is 11.6 Å². The molecule has 138 valence electrons. The van der Waals surface area contributed by atoms with E-state index in [-0.39, 0.29) is 11.9 Å². The third kappa shape index (κ3) is 3.28. The van der Waals surface area contributed by atoms with Gasteiger partial charge in [0.1, 0.15) is 11.4 Å². The molecular formula is C22H28N2O2. The number of benzene rings is 2. The molecule has 0 radical (unpaired) electrons. The molecule has 3 rings (SSSR count). The van der Waals surface area contributed by atoms with Crippen LogP contribution in [0.4, 0.5) is 5.69 Å². The number of carbonyl (C=O) groups excluding carboxylic acids is 1. The number of hydrogen-bond acceptors (Lipinski definition) is 3. The monoisotopic (exact) mass is 352 g/mol. The molecule has 1 heterocycles. The van der Waals surface area contributed by atoms with Crippen LogP contribution in [0.15, 0.2) is 48.5 Å². The summed E-state index contributed by atoms with van der Waals surface area (Å²) in [5.74, 6) is 0.921. The van der Waals surface area contributed by atoms with Gasteiger partial charge in [-0.05, 0) is 57.0 Å². The van der Waals surface area contributed by atoms with Crippen molar-refractivity contribution in [3.63, 3.8) is 0 Å². The Hall–Kier alpha value is -2.49. The molecular weight excluding hydrogens is 324 g/mol. The zero-order valence-corrected chi connectivity index (χ0v) is 16.1. The molecule has 2 aromatic rings. The first-order valence-electron chi connectivity index (χ1n) is 9.41. The van der Waals surface area contributed by atoms with Gasteiger partial charge in [0.15, 0.2) is 0 Å². The summed E-state index contributed by atoms with van der Waals surface area (Å²) < 4.78 is 5.77. The molecule has 1 aliphatic rings. The highest BCUT2D eigenvalue weighted by molar-refractivity contribution is 6.02. The van der Waals surface area contributed by atoms with Gasteiger partial charge in [-0.3, -0.25) is 4.79 Å². The van der Waals surface area contributed by atoms with Crippen LogP contribution in [-0.4, -0.2) is 23.5 Å². The SMILES string of the molecule is CCCCOc1ccc(C2(C)Nc3ccccc3C(=O)N2C(C)C)cc1. The summed E-state index contributed by atoms with van der Waals surface area (Å²) in [5, 5.41) is 3.59. The number of nitrogens with one attached hydrogen (secondary N) is 1. The van der Waals surface area contributed by atoms with Crippen molar-refractivity contribution in [3.8, 4) is 5.75 Å². The van der Waals surface area contributed by atoms with E-state index < -0.39 is 5.66 Å². The number of hydrogen-bond donors (Lipinski definition) is 1. The van der Waals surface area contributed by atoms with Crippen LogP contribution in [-0.2, 0) is 5.66 Å². The molecule has 0 bridgehead atoms. The van der Waals surface area contributed by atoms with E-state index in [1.165, 1.54) is 0 Å². The van der Waals surface area contributed by atoms with Gasteiger partial charge < -0.3 is 15.0 Å². The van der Waals surface area contributed by atoms with Gasteiger partial charge in [0.05, 0.1) is 12.2 Å². The third-order valence-electron chi connectivity index (χ3n) is 4.94. The quantitative estimate of drug-likeness (QED) is 0.743. The lowest BCUT2D eigenvalue weighted by Crippen LogP contribution is -2.58. The summed E-state index contributed by atoms with van der Waals surface area (Å²) in [6, 6.07) is 15.8. The molecule has 0 saturated carbocycles. The predicted molar refractivity (Wildman–Crippen MR) is 106 cm³/mol. The van der Waals surface area contributed by atoms with E-state index in [0.29, 0.717) is 0 Å². The number of rotatable bonds is 6. The van der Waals surface area contributed by atoms with E-state index in [1.807, 2.05) is 67.3 Å². The van der Waals surface area contributed by atoms with Crippen molar-refractivity contribution in [2.24, 2.45) is 0 Å². The molecule has 0 aliphatic carbocycles. The van der Waals surface area contributed by atoms with Crippen molar-refractivity contribution in [1.29, 1.82) is 0 Å². The molecule has 1 N–H and O–H groups in total. The highest BCUT2D eigenvalue weighted by Gasteiger charge is 2.43. The molecule has 0 saturated heterocycles. The van der Waals surface area contributed by atoms with Gasteiger partial charge in [0.2, 0.25) is 0 Å². The Morgan fingerprint density at radius 2 is 1.81 bits per heavy atom. The van der Waals surface area contributed by atoms with Crippen molar-refractivity contribution in [3.05, 3.63) is 59.7 Å². The maximum atomic E-state index is 13.1. The molecule has 2 aromatic carbocycles. The minimum Gasteiger partial charge on any atom is -0.494 e. The molecule has 0 fully saturated rings. The lowest BCUT2D eigenvalue weighted by atomic mass is 9.92. The van der Waals surface area contributed by atoms with Crippen LogP contribution in [0.1, 0.15) is 56.5 Å². The van der Waals surface area contributed by atoms with Crippen molar-refractivity contribution in [2.75, 3.05) is 11.9 Å². The van der Waals surface area contributed by atoms with Gasteiger partial charge in [0.25, 0.3) is 5.91 Å². The molecule has 4 nitrogen and oxygen atoms in total. The van der Waals surface area contributed by atoms with E-state index in [4.69, 9.17) is 4.74 Å². The zero-order valence-electron chi connectivity index (χ0n) is 16.1. The van der Waals surface area contributed by atoms with E-state index in [9.17, 15) is 4.79 Å². The first-order valence-corrected chi connectivity index (χ1v) is 9.41. The largest absolute Gasteiger partial charge is 0.494 e. The molecule has 0 spiro atoms. The van der Waals surface area contributed by atoms with E-state index in [2.05, 4.69) is 19.2 Å². The topological polar surface area (TPSA) is 41.6 Å². The average Bonchev–Trinajstić information content (AvgIpc) is 2.62. The van der Waals surface area contributed by atoms with Gasteiger partial charge in [-0.15, -0.1) is 0 Å². The smallest absolute Gasteiger partial charge is 0.258 e. The first kappa shape index (κ1) is 18.3. The summed E-state index contributed by atoms with van der Waals surface area (Å²) >= 11 is 0. The van der Waals surface area contributed by atoms with Gasteiger partial charge in [-0.2, -0.15) is 0 Å². The highest BCUT2D eigenvalue weighted by atomic mass is 16.5. The molecule has 26 heavy (non-hydrogen) atoms. The van der Waals surface area contributed by atoms with Crippen LogP contribution in [0.3, 0.4) is 0 Å². The number of ether oxygens (including phenoxy) is 1. The van der Waals surface area contributed by atoms with Crippen molar-refractivity contribution < 1.29 is 9.53 Å². The lowest BCUT2D eigenvalue weighted by Gasteiger charge is -2.48. The van der Waals surface area contributed by atoms with Crippen LogP contribution in [0.25, 0.3) is 0 Å². The van der Waals surface area contributed by atoms with Gasteiger partial charge in [-0.25, -0.2) is 0 Å². The van der Waals surface area contributed by atoms with E-state index in [0.717, 1.165) is 42.0 Å². The number of amides is 1. The molecule has 1 aliphatic heterocycles. The fraction of sp³-hybridized carbons (Fsp3) is 0.409. The van der Waals surface area contributed by atoms with Crippen LogP contribution in [0.2, 0.25) is 0 Å². The Morgan fingerprint density at radius 1 is 1.12 bits per heavy atom. The first-order chi connectivity index (χ1) is 12.5. The maximum Gasteiger partial charge on any atom is 0.258 e. The predicted octanol–water partition coefficient (Wildman–Crippen LogP) is 5.01. The lowest BCUT2D eigenvalue weighted by molar-refractivity contribution is 0.0433. The summed E-state index contributed by atoms with van der Waals surface area (Å²) in [6.07, 6.45) is 2.17. The Morgan fingerprint density at radius 3 is 2.46 bits per heavy atom. The number of fused-ring (bicyclic) bond motifs is 1. The number of unbranched alkanes of at least 4 members (excludes halogenated alkanes) is 1. The maximum absolute atomic E-state index is 13.1. The number of carbonyl (C=O) groups is 1. The normalized spacial score (nSPS) is 19.3. The molecule has 1 amide bonds. The highest BCUT2D eigenvalue weighted by Crippen LogP contribution is 2.39. The summed E-state index contributed by atoms with van der Waals surface area (Å²) in [4.78, 5) is 15.1. The minimum absolute atomic E-state index is 0.0557. The summed E-state index contributed by atoms with van der Waals surface area (Å²) in [6.45, 7) is 9.04. The summed E-state index contributed by atoms with van der Waals surface area (Å²) in [5.41, 5.74) is 2.02. The Balaban J connectivity index is 1.94. The Kier molecular flexibility index (Phi) is 5.21. The van der Waals surface area contributed by atoms with Crippen LogP contribution >= 0.6 is 0 Å². The fourth-order valence-corrected chi connectivity index (χ4v) is 3.61.